The second-order valence-corrected chi connectivity index (χ2v) is 5.08. The van der Waals surface area contributed by atoms with Crippen molar-refractivity contribution in [1.82, 2.24) is 0 Å². The van der Waals surface area contributed by atoms with E-state index in [0.717, 1.165) is 17.7 Å². The molecule has 1 aliphatic rings. The molecule has 1 aromatic carbocycles. The fourth-order valence-electron chi connectivity index (χ4n) is 2.56. The summed E-state index contributed by atoms with van der Waals surface area (Å²) in [5, 5.41) is 0. The Labute approximate surface area is 129 Å². The molecule has 1 amide bonds. The number of benzene rings is 1. The smallest absolute Gasteiger partial charge is 0.330 e. The van der Waals surface area contributed by atoms with Crippen LogP contribution in [0.25, 0.3) is 0 Å². The quantitative estimate of drug-likeness (QED) is 0.485. The SMILES string of the molecule is CCOC(=O)C=CC1CCc2ccccc2N1C(=O)C(C)=O. The molecule has 116 valence electrons. The molecule has 22 heavy (non-hydrogen) atoms. The first kappa shape index (κ1) is 15.9. The number of hydrogen-bond acceptors (Lipinski definition) is 4. The van der Waals surface area contributed by atoms with Crippen molar-refractivity contribution in [2.75, 3.05) is 11.5 Å². The maximum absolute atomic E-state index is 12.3. The van der Waals surface area contributed by atoms with E-state index in [-0.39, 0.29) is 6.04 Å². The number of ether oxygens (including phenoxy) is 1. The number of esters is 1. The highest BCUT2D eigenvalue weighted by Gasteiger charge is 2.31. The van der Waals surface area contributed by atoms with Gasteiger partial charge >= 0.3 is 5.97 Å². The number of Topliss-reactive ketones (excluding diaryl/α,β-unsaturated/α-hetero) is 1. The Kier molecular flexibility index (Phi) is 5.09. The minimum absolute atomic E-state index is 0.298. The van der Waals surface area contributed by atoms with Gasteiger partial charge in [0, 0.05) is 18.7 Å². The molecule has 0 N–H and O–H groups in total. The monoisotopic (exact) mass is 301 g/mol. The summed E-state index contributed by atoms with van der Waals surface area (Å²) >= 11 is 0. The van der Waals surface area contributed by atoms with E-state index >= 15 is 0 Å². The minimum atomic E-state index is -0.564. The third-order valence-electron chi connectivity index (χ3n) is 3.55. The molecule has 0 radical (unpaired) electrons. The van der Waals surface area contributed by atoms with Gasteiger partial charge in [-0.25, -0.2) is 4.79 Å². The van der Waals surface area contributed by atoms with E-state index in [1.54, 1.807) is 13.0 Å². The van der Waals surface area contributed by atoms with Crippen LogP contribution in [0.5, 0.6) is 0 Å². The summed E-state index contributed by atoms with van der Waals surface area (Å²) in [6.07, 6.45) is 4.40. The Balaban J connectivity index is 2.32. The van der Waals surface area contributed by atoms with Gasteiger partial charge in [-0.2, -0.15) is 0 Å². The normalized spacial score (nSPS) is 17.2. The van der Waals surface area contributed by atoms with Crippen molar-refractivity contribution in [3.8, 4) is 0 Å². The molecule has 5 heteroatoms. The Morgan fingerprint density at radius 2 is 2.05 bits per heavy atom. The number of rotatable bonds is 4. The molecule has 5 nitrogen and oxygen atoms in total. The predicted octanol–water partition coefficient (Wildman–Crippen LogP) is 2.04. The van der Waals surface area contributed by atoms with Crippen LogP contribution < -0.4 is 4.90 Å². The lowest BCUT2D eigenvalue weighted by molar-refractivity contribution is -0.137. The molecule has 1 atom stereocenters. The van der Waals surface area contributed by atoms with Crippen LogP contribution in [-0.2, 0) is 25.5 Å². The van der Waals surface area contributed by atoms with E-state index in [4.69, 9.17) is 4.74 Å². The van der Waals surface area contributed by atoms with Crippen molar-refractivity contribution in [3.05, 3.63) is 42.0 Å². The predicted molar refractivity (Wildman–Crippen MR) is 82.5 cm³/mol. The zero-order valence-corrected chi connectivity index (χ0v) is 12.7. The van der Waals surface area contributed by atoms with Gasteiger partial charge in [0.1, 0.15) is 0 Å². The lowest BCUT2D eigenvalue weighted by Crippen LogP contribution is -2.45. The Morgan fingerprint density at radius 3 is 2.73 bits per heavy atom. The summed E-state index contributed by atoms with van der Waals surface area (Å²) in [4.78, 5) is 36.7. The lowest BCUT2D eigenvalue weighted by atomic mass is 9.95. The summed E-state index contributed by atoms with van der Waals surface area (Å²) < 4.78 is 4.85. The van der Waals surface area contributed by atoms with Crippen molar-refractivity contribution >= 4 is 23.3 Å². The van der Waals surface area contributed by atoms with Gasteiger partial charge in [0.2, 0.25) is 5.78 Å². The summed E-state index contributed by atoms with van der Waals surface area (Å²) in [5.41, 5.74) is 1.75. The number of ketones is 1. The van der Waals surface area contributed by atoms with Crippen molar-refractivity contribution in [2.24, 2.45) is 0 Å². The fourth-order valence-corrected chi connectivity index (χ4v) is 2.56. The minimum Gasteiger partial charge on any atom is -0.463 e. The summed E-state index contributed by atoms with van der Waals surface area (Å²) in [7, 11) is 0. The summed E-state index contributed by atoms with van der Waals surface area (Å²) in [6.45, 7) is 3.28. The van der Waals surface area contributed by atoms with Crippen LogP contribution in [0.1, 0.15) is 25.8 Å². The second kappa shape index (κ2) is 7.02. The van der Waals surface area contributed by atoms with E-state index in [1.165, 1.54) is 17.9 Å². The van der Waals surface area contributed by atoms with Gasteiger partial charge in [-0.1, -0.05) is 24.3 Å². The third-order valence-corrected chi connectivity index (χ3v) is 3.55. The van der Waals surface area contributed by atoms with Gasteiger partial charge in [0.15, 0.2) is 0 Å². The van der Waals surface area contributed by atoms with E-state index in [0.29, 0.717) is 13.0 Å². The van der Waals surface area contributed by atoms with Crippen LogP contribution in [0, 0.1) is 0 Å². The number of carbonyl (C=O) groups is 3. The first-order valence-electron chi connectivity index (χ1n) is 7.31. The molecule has 2 rings (SSSR count). The number of aryl methyl sites for hydroxylation is 1. The van der Waals surface area contributed by atoms with Crippen molar-refractivity contribution in [2.45, 2.75) is 32.7 Å². The van der Waals surface area contributed by atoms with E-state index < -0.39 is 17.7 Å². The van der Waals surface area contributed by atoms with Crippen molar-refractivity contribution < 1.29 is 19.1 Å². The summed E-state index contributed by atoms with van der Waals surface area (Å²) in [5.74, 6) is -1.53. The number of nitrogens with zero attached hydrogens (tertiary/aromatic N) is 1. The van der Waals surface area contributed by atoms with E-state index in [2.05, 4.69) is 0 Å². The third kappa shape index (κ3) is 3.42. The van der Waals surface area contributed by atoms with Crippen LogP contribution in [0.4, 0.5) is 5.69 Å². The molecule has 0 saturated carbocycles. The average Bonchev–Trinajstić information content (AvgIpc) is 2.51. The Hall–Kier alpha value is -2.43. The van der Waals surface area contributed by atoms with E-state index in [9.17, 15) is 14.4 Å². The van der Waals surface area contributed by atoms with Crippen LogP contribution in [0.15, 0.2) is 36.4 Å². The molecule has 0 aromatic heterocycles. The molecule has 0 saturated heterocycles. The molecule has 0 spiro atoms. The highest BCUT2D eigenvalue weighted by molar-refractivity contribution is 6.40. The zero-order chi connectivity index (χ0) is 16.1. The zero-order valence-electron chi connectivity index (χ0n) is 12.7. The van der Waals surface area contributed by atoms with Crippen molar-refractivity contribution in [3.63, 3.8) is 0 Å². The second-order valence-electron chi connectivity index (χ2n) is 5.08. The van der Waals surface area contributed by atoms with Crippen LogP contribution >= 0.6 is 0 Å². The largest absolute Gasteiger partial charge is 0.463 e. The molecule has 0 bridgehead atoms. The molecular formula is C17H19NO4. The van der Waals surface area contributed by atoms with Gasteiger partial charge in [-0.15, -0.1) is 0 Å². The molecule has 0 aliphatic carbocycles. The highest BCUT2D eigenvalue weighted by Crippen LogP contribution is 2.31. The van der Waals surface area contributed by atoms with Gasteiger partial charge < -0.3 is 4.74 Å². The van der Waals surface area contributed by atoms with Crippen LogP contribution in [-0.4, -0.2) is 30.3 Å². The first-order chi connectivity index (χ1) is 10.5. The van der Waals surface area contributed by atoms with Crippen LogP contribution in [0.2, 0.25) is 0 Å². The Bertz CT molecular complexity index is 621. The van der Waals surface area contributed by atoms with Gasteiger partial charge in [-0.3, -0.25) is 14.5 Å². The molecular weight excluding hydrogens is 282 g/mol. The number of fused-ring (bicyclic) bond motifs is 1. The molecule has 1 aliphatic heterocycles. The number of hydrogen-bond donors (Lipinski definition) is 0. The number of anilines is 1. The van der Waals surface area contributed by atoms with Crippen LogP contribution in [0.3, 0.4) is 0 Å². The number of carbonyl (C=O) groups excluding carboxylic acids is 3. The topological polar surface area (TPSA) is 63.7 Å². The average molecular weight is 301 g/mol. The molecule has 1 heterocycles. The van der Waals surface area contributed by atoms with Gasteiger partial charge in [0.25, 0.3) is 5.91 Å². The standard InChI is InChI=1S/C17H19NO4/c1-3-22-16(20)11-10-14-9-8-13-6-4-5-7-15(13)18(14)17(21)12(2)19/h4-7,10-11,14H,3,8-9H2,1-2H3. The fraction of sp³-hybridized carbons (Fsp3) is 0.353. The maximum atomic E-state index is 12.3. The first-order valence-corrected chi connectivity index (χ1v) is 7.31. The molecule has 1 unspecified atom stereocenters. The number of amides is 1. The highest BCUT2D eigenvalue weighted by atomic mass is 16.5. The summed E-state index contributed by atoms with van der Waals surface area (Å²) in [6, 6.07) is 7.18. The molecule has 0 fully saturated rings. The Morgan fingerprint density at radius 1 is 1.32 bits per heavy atom. The van der Waals surface area contributed by atoms with Crippen molar-refractivity contribution in [1.29, 1.82) is 0 Å². The van der Waals surface area contributed by atoms with E-state index in [1.807, 2.05) is 24.3 Å². The molecule has 1 aromatic rings. The lowest BCUT2D eigenvalue weighted by Gasteiger charge is -2.35. The van der Waals surface area contributed by atoms with Gasteiger partial charge in [0.05, 0.1) is 12.6 Å². The maximum Gasteiger partial charge on any atom is 0.330 e. The van der Waals surface area contributed by atoms with Gasteiger partial charge in [-0.05, 0) is 31.4 Å². The number of para-hydroxylation sites is 1.